The quantitative estimate of drug-likeness (QED) is 0.432. The van der Waals surface area contributed by atoms with Crippen molar-refractivity contribution in [2.24, 2.45) is 0 Å². The molecule has 0 unspecified atom stereocenters. The summed E-state index contributed by atoms with van der Waals surface area (Å²) in [5.41, 5.74) is 1.56. The lowest BCUT2D eigenvalue weighted by molar-refractivity contribution is -0.121. The number of hydrogen-bond donors (Lipinski definition) is 1. The van der Waals surface area contributed by atoms with Gasteiger partial charge in [-0.05, 0) is 64.4 Å². The number of rotatable bonds is 8. The molecule has 0 atom stereocenters. The summed E-state index contributed by atoms with van der Waals surface area (Å²) in [6.07, 6.45) is 5.83. The molecule has 0 saturated heterocycles. The summed E-state index contributed by atoms with van der Waals surface area (Å²) in [6.45, 7) is 0. The second-order valence-corrected chi connectivity index (χ2v) is 6.68. The third-order valence-corrected chi connectivity index (χ3v) is 4.55. The third kappa shape index (κ3) is 5.35. The third-order valence-electron chi connectivity index (χ3n) is 4.55. The van der Waals surface area contributed by atoms with Crippen LogP contribution >= 0.6 is 0 Å². The van der Waals surface area contributed by atoms with Crippen molar-refractivity contribution >= 4 is 34.5 Å². The Hall–Kier alpha value is -3.86. The Balaban J connectivity index is 1.61. The first-order valence-electron chi connectivity index (χ1n) is 9.35. The fourth-order valence-corrected chi connectivity index (χ4v) is 2.94. The van der Waals surface area contributed by atoms with Gasteiger partial charge in [-0.3, -0.25) is 9.59 Å². The van der Waals surface area contributed by atoms with E-state index in [4.69, 9.17) is 9.47 Å². The summed E-state index contributed by atoms with van der Waals surface area (Å²) in [7, 11) is 3.08. The summed E-state index contributed by atoms with van der Waals surface area (Å²) >= 11 is 0. The fraction of sp³-hybridized carbons (Fsp3) is 0.120. The maximum Gasteiger partial charge on any atom is 0.163 e. The zero-order valence-corrected chi connectivity index (χ0v) is 16.8. The van der Waals surface area contributed by atoms with Crippen LogP contribution in [0.15, 0.2) is 66.7 Å². The van der Waals surface area contributed by atoms with Crippen LogP contribution in [0.25, 0.3) is 22.9 Å². The van der Waals surface area contributed by atoms with Crippen molar-refractivity contribution in [2.75, 3.05) is 14.2 Å². The van der Waals surface area contributed by atoms with Gasteiger partial charge in [-0.15, -0.1) is 0 Å². The first kappa shape index (κ1) is 20.9. The first-order chi connectivity index (χ1) is 14.5. The molecule has 5 heteroatoms. The molecule has 0 fully saturated rings. The molecule has 0 spiro atoms. The minimum absolute atomic E-state index is 0.0223. The molecular formula is C25H22O5. The lowest BCUT2D eigenvalue weighted by Gasteiger charge is -2.03. The monoisotopic (exact) mass is 402 g/mol. The maximum absolute atomic E-state index is 12.1. The molecule has 0 amide bonds. The highest BCUT2D eigenvalue weighted by Gasteiger charge is 2.05. The Bertz CT molecular complexity index is 1140. The van der Waals surface area contributed by atoms with E-state index < -0.39 is 0 Å². The maximum atomic E-state index is 12.1. The van der Waals surface area contributed by atoms with E-state index in [1.807, 2.05) is 36.4 Å². The van der Waals surface area contributed by atoms with E-state index in [1.165, 1.54) is 25.3 Å². The summed E-state index contributed by atoms with van der Waals surface area (Å²) in [5.74, 6) is 0.551. The van der Waals surface area contributed by atoms with Crippen LogP contribution in [0.3, 0.4) is 0 Å². The van der Waals surface area contributed by atoms with Crippen LogP contribution in [0.4, 0.5) is 0 Å². The number of benzene rings is 3. The number of ketones is 2. The van der Waals surface area contributed by atoms with Crippen molar-refractivity contribution in [1.82, 2.24) is 0 Å². The van der Waals surface area contributed by atoms with E-state index in [0.717, 1.165) is 22.1 Å². The Labute approximate surface area is 174 Å². The summed E-state index contributed by atoms with van der Waals surface area (Å²) < 4.78 is 10.3. The molecule has 0 radical (unpaired) electrons. The van der Waals surface area contributed by atoms with Crippen LogP contribution < -0.4 is 9.47 Å². The molecule has 0 aliphatic rings. The molecule has 3 aromatic carbocycles. The number of phenolic OH excluding ortho intramolecular Hbond substituents is 1. The molecule has 1 N–H and O–H groups in total. The number of phenols is 1. The van der Waals surface area contributed by atoms with E-state index in [9.17, 15) is 14.7 Å². The van der Waals surface area contributed by atoms with Crippen molar-refractivity contribution in [2.45, 2.75) is 6.42 Å². The molecule has 0 bridgehead atoms. The van der Waals surface area contributed by atoms with Gasteiger partial charge in [0, 0.05) is 0 Å². The summed E-state index contributed by atoms with van der Waals surface area (Å²) in [5, 5.41) is 11.7. The number of ether oxygens (including phenoxy) is 2. The lowest BCUT2D eigenvalue weighted by Crippen LogP contribution is -2.01. The largest absolute Gasteiger partial charge is 0.504 e. The molecular weight excluding hydrogens is 380 g/mol. The average Bonchev–Trinajstić information content (AvgIpc) is 2.76. The van der Waals surface area contributed by atoms with Crippen LogP contribution in [-0.4, -0.2) is 30.9 Å². The van der Waals surface area contributed by atoms with E-state index >= 15 is 0 Å². The van der Waals surface area contributed by atoms with Gasteiger partial charge < -0.3 is 14.6 Å². The number of carbonyl (C=O) groups excluding carboxylic acids is 2. The zero-order chi connectivity index (χ0) is 21.5. The second-order valence-electron chi connectivity index (χ2n) is 6.68. The standard InChI is InChI=1S/C25H22O5/c1-29-23-11-8-19-13-17(3-7-20(19)15-23)4-9-21(26)16-22(27)10-5-18-6-12-24(28)25(14-18)30-2/h3-15,28H,16H2,1-2H3/b9-4+,10-5+. The van der Waals surface area contributed by atoms with Gasteiger partial charge in [-0.2, -0.15) is 0 Å². The average molecular weight is 402 g/mol. The van der Waals surface area contributed by atoms with Gasteiger partial charge in [-0.1, -0.05) is 36.4 Å². The van der Waals surface area contributed by atoms with Gasteiger partial charge in [-0.25, -0.2) is 0 Å². The number of fused-ring (bicyclic) bond motifs is 1. The molecule has 3 rings (SSSR count). The van der Waals surface area contributed by atoms with Gasteiger partial charge >= 0.3 is 0 Å². The number of carbonyl (C=O) groups is 2. The van der Waals surface area contributed by atoms with E-state index in [-0.39, 0.29) is 23.7 Å². The van der Waals surface area contributed by atoms with Gasteiger partial charge in [0.1, 0.15) is 5.75 Å². The molecule has 30 heavy (non-hydrogen) atoms. The van der Waals surface area contributed by atoms with Gasteiger partial charge in [0.15, 0.2) is 23.1 Å². The van der Waals surface area contributed by atoms with Crippen LogP contribution in [0.1, 0.15) is 17.5 Å². The van der Waals surface area contributed by atoms with Gasteiger partial charge in [0.2, 0.25) is 0 Å². The topological polar surface area (TPSA) is 72.8 Å². The molecule has 0 heterocycles. The molecule has 0 saturated carbocycles. The summed E-state index contributed by atoms with van der Waals surface area (Å²) in [4.78, 5) is 24.2. The van der Waals surface area contributed by atoms with Crippen molar-refractivity contribution in [3.63, 3.8) is 0 Å². The zero-order valence-electron chi connectivity index (χ0n) is 16.8. The molecule has 5 nitrogen and oxygen atoms in total. The molecule has 0 aromatic heterocycles. The predicted octanol–water partition coefficient (Wildman–Crippen LogP) is 4.82. The summed E-state index contributed by atoms with van der Waals surface area (Å²) in [6, 6.07) is 16.4. The number of hydrogen-bond acceptors (Lipinski definition) is 5. The number of methoxy groups -OCH3 is 2. The smallest absolute Gasteiger partial charge is 0.163 e. The van der Waals surface area contributed by atoms with E-state index in [2.05, 4.69) is 0 Å². The van der Waals surface area contributed by atoms with Crippen LogP contribution in [0, 0.1) is 0 Å². The second kappa shape index (κ2) is 9.56. The van der Waals surface area contributed by atoms with Crippen molar-refractivity contribution < 1.29 is 24.2 Å². The Morgan fingerprint density at radius 1 is 0.800 bits per heavy atom. The van der Waals surface area contributed by atoms with E-state index in [0.29, 0.717) is 11.3 Å². The van der Waals surface area contributed by atoms with Gasteiger partial charge in [0.25, 0.3) is 0 Å². The molecule has 0 aliphatic heterocycles. The normalized spacial score (nSPS) is 11.3. The Morgan fingerprint density at radius 2 is 1.40 bits per heavy atom. The Morgan fingerprint density at radius 3 is 2.07 bits per heavy atom. The molecule has 152 valence electrons. The molecule has 3 aromatic rings. The van der Waals surface area contributed by atoms with Crippen LogP contribution in [0.2, 0.25) is 0 Å². The number of allylic oxidation sites excluding steroid dienone is 2. The highest BCUT2D eigenvalue weighted by molar-refractivity contribution is 6.11. The van der Waals surface area contributed by atoms with Gasteiger partial charge in [0.05, 0.1) is 20.6 Å². The predicted molar refractivity (Wildman–Crippen MR) is 118 cm³/mol. The minimum atomic E-state index is -0.303. The Kier molecular flexibility index (Phi) is 6.65. The van der Waals surface area contributed by atoms with Crippen molar-refractivity contribution in [1.29, 1.82) is 0 Å². The van der Waals surface area contributed by atoms with E-state index in [1.54, 1.807) is 31.4 Å². The van der Waals surface area contributed by atoms with Crippen molar-refractivity contribution in [3.8, 4) is 17.2 Å². The van der Waals surface area contributed by atoms with Crippen molar-refractivity contribution in [3.05, 3.63) is 77.9 Å². The SMILES string of the molecule is COc1ccc2cc(/C=C/C(=O)CC(=O)/C=C/c3ccc(O)c(OC)c3)ccc2c1. The molecule has 0 aliphatic carbocycles. The number of aromatic hydroxyl groups is 1. The first-order valence-corrected chi connectivity index (χ1v) is 9.35. The lowest BCUT2D eigenvalue weighted by atomic mass is 10.1. The highest BCUT2D eigenvalue weighted by atomic mass is 16.5. The van der Waals surface area contributed by atoms with Crippen LogP contribution in [-0.2, 0) is 9.59 Å². The van der Waals surface area contributed by atoms with Crippen LogP contribution in [0.5, 0.6) is 17.2 Å². The minimum Gasteiger partial charge on any atom is -0.504 e. The highest BCUT2D eigenvalue weighted by Crippen LogP contribution is 2.26. The fourth-order valence-electron chi connectivity index (χ4n) is 2.94.